The first-order valence-corrected chi connectivity index (χ1v) is 9.75. The van der Waals surface area contributed by atoms with E-state index in [0.717, 1.165) is 18.4 Å². The molecule has 0 unspecified atom stereocenters. The van der Waals surface area contributed by atoms with Gasteiger partial charge in [-0.05, 0) is 38.3 Å². The second kappa shape index (κ2) is 9.61. The Hall–Kier alpha value is -1.82. The van der Waals surface area contributed by atoms with Crippen LogP contribution in [0.1, 0.15) is 45.6 Å². The molecule has 1 aromatic carbocycles. The lowest BCUT2D eigenvalue weighted by molar-refractivity contribution is -0.119. The van der Waals surface area contributed by atoms with E-state index in [4.69, 9.17) is 4.42 Å². The third-order valence-corrected chi connectivity index (χ3v) is 4.68. The summed E-state index contributed by atoms with van der Waals surface area (Å²) < 4.78 is 5.62. The maximum absolute atomic E-state index is 12.0. The molecule has 6 heteroatoms. The van der Waals surface area contributed by atoms with Crippen molar-refractivity contribution >= 4 is 17.7 Å². The third-order valence-electron chi connectivity index (χ3n) is 3.86. The standard InChI is InChI=1S/C19H27N3O2S/c1-13(2)6-5-7-15(4)20-17(23)12-25-19-22-21-18(24-19)16-10-8-14(3)9-11-16/h8-11,13,15H,5-7,12H2,1-4H3,(H,20,23)/t15-/m0/s1. The van der Waals surface area contributed by atoms with Crippen molar-refractivity contribution in [1.82, 2.24) is 15.5 Å². The summed E-state index contributed by atoms with van der Waals surface area (Å²) in [5, 5.41) is 11.5. The Morgan fingerprint density at radius 3 is 2.56 bits per heavy atom. The molecule has 1 amide bonds. The molecule has 0 bridgehead atoms. The van der Waals surface area contributed by atoms with Crippen LogP contribution in [0.2, 0.25) is 0 Å². The predicted octanol–water partition coefficient (Wildman–Crippen LogP) is 4.47. The molecule has 0 saturated carbocycles. The van der Waals surface area contributed by atoms with Gasteiger partial charge in [0.25, 0.3) is 5.22 Å². The number of nitrogens with one attached hydrogen (secondary N) is 1. The Balaban J connectivity index is 1.75. The number of rotatable bonds is 9. The number of carbonyl (C=O) groups excluding carboxylic acids is 1. The molecule has 1 heterocycles. The molecule has 0 radical (unpaired) electrons. The van der Waals surface area contributed by atoms with E-state index in [9.17, 15) is 4.79 Å². The molecule has 0 saturated heterocycles. The number of aryl methyl sites for hydroxylation is 1. The van der Waals surface area contributed by atoms with Crippen LogP contribution < -0.4 is 5.32 Å². The molecule has 136 valence electrons. The van der Waals surface area contributed by atoms with E-state index in [1.165, 1.54) is 23.7 Å². The van der Waals surface area contributed by atoms with Gasteiger partial charge in [-0.15, -0.1) is 10.2 Å². The van der Waals surface area contributed by atoms with Crippen LogP contribution in [0.4, 0.5) is 0 Å². The number of benzene rings is 1. The molecular formula is C19H27N3O2S. The van der Waals surface area contributed by atoms with Crippen LogP contribution in [0, 0.1) is 12.8 Å². The summed E-state index contributed by atoms with van der Waals surface area (Å²) in [6.07, 6.45) is 3.33. The summed E-state index contributed by atoms with van der Waals surface area (Å²) in [5.41, 5.74) is 2.06. The van der Waals surface area contributed by atoms with Crippen LogP contribution in [0.15, 0.2) is 33.9 Å². The lowest BCUT2D eigenvalue weighted by Gasteiger charge is -2.14. The van der Waals surface area contributed by atoms with E-state index < -0.39 is 0 Å². The highest BCUT2D eigenvalue weighted by molar-refractivity contribution is 7.99. The van der Waals surface area contributed by atoms with Crippen molar-refractivity contribution in [2.45, 2.75) is 58.2 Å². The van der Waals surface area contributed by atoms with Crippen molar-refractivity contribution < 1.29 is 9.21 Å². The molecular weight excluding hydrogens is 334 g/mol. The normalized spacial score (nSPS) is 12.4. The monoisotopic (exact) mass is 361 g/mol. The first-order chi connectivity index (χ1) is 11.9. The maximum Gasteiger partial charge on any atom is 0.277 e. The van der Waals surface area contributed by atoms with E-state index in [1.54, 1.807) is 0 Å². The van der Waals surface area contributed by atoms with Gasteiger partial charge in [-0.2, -0.15) is 0 Å². The first-order valence-electron chi connectivity index (χ1n) is 8.76. The van der Waals surface area contributed by atoms with Gasteiger partial charge in [-0.25, -0.2) is 0 Å². The number of carbonyl (C=O) groups is 1. The number of hydrogen-bond donors (Lipinski definition) is 1. The number of thioether (sulfide) groups is 1. The van der Waals surface area contributed by atoms with Gasteiger partial charge in [0.15, 0.2) is 0 Å². The number of aromatic nitrogens is 2. The van der Waals surface area contributed by atoms with Crippen LogP contribution in [-0.2, 0) is 4.79 Å². The molecule has 5 nitrogen and oxygen atoms in total. The van der Waals surface area contributed by atoms with E-state index in [-0.39, 0.29) is 17.7 Å². The minimum atomic E-state index is -0.00265. The fourth-order valence-corrected chi connectivity index (χ4v) is 3.00. The number of hydrogen-bond acceptors (Lipinski definition) is 5. The maximum atomic E-state index is 12.0. The van der Waals surface area contributed by atoms with Crippen LogP contribution in [0.5, 0.6) is 0 Å². The van der Waals surface area contributed by atoms with E-state index in [1.807, 2.05) is 38.1 Å². The summed E-state index contributed by atoms with van der Waals surface area (Å²) in [5.74, 6) is 1.46. The third kappa shape index (κ3) is 6.90. The first kappa shape index (κ1) is 19.5. The Morgan fingerprint density at radius 1 is 1.16 bits per heavy atom. The molecule has 1 aromatic heterocycles. The summed E-state index contributed by atoms with van der Waals surface area (Å²) in [7, 11) is 0. The minimum absolute atomic E-state index is 0.00265. The molecule has 25 heavy (non-hydrogen) atoms. The second-order valence-electron chi connectivity index (χ2n) is 6.82. The Labute approximate surface area is 154 Å². The van der Waals surface area contributed by atoms with Crippen LogP contribution in [-0.4, -0.2) is 27.9 Å². The van der Waals surface area contributed by atoms with Crippen LogP contribution in [0.25, 0.3) is 11.5 Å². The van der Waals surface area contributed by atoms with Gasteiger partial charge in [0.05, 0.1) is 5.75 Å². The molecule has 0 spiro atoms. The lowest BCUT2D eigenvalue weighted by Crippen LogP contribution is -2.33. The van der Waals surface area contributed by atoms with Gasteiger partial charge in [0.2, 0.25) is 11.8 Å². The fourth-order valence-electron chi connectivity index (χ4n) is 2.43. The highest BCUT2D eigenvalue weighted by Gasteiger charge is 2.12. The minimum Gasteiger partial charge on any atom is -0.411 e. The predicted molar refractivity (Wildman–Crippen MR) is 101 cm³/mol. The van der Waals surface area contributed by atoms with E-state index in [0.29, 0.717) is 17.0 Å². The smallest absolute Gasteiger partial charge is 0.277 e. The summed E-state index contributed by atoms with van der Waals surface area (Å²) in [6, 6.07) is 8.09. The Bertz CT molecular complexity index is 668. The van der Waals surface area contributed by atoms with Gasteiger partial charge in [-0.1, -0.05) is 56.1 Å². The van der Waals surface area contributed by atoms with Gasteiger partial charge in [0, 0.05) is 11.6 Å². The van der Waals surface area contributed by atoms with Gasteiger partial charge in [-0.3, -0.25) is 4.79 Å². The zero-order valence-electron chi connectivity index (χ0n) is 15.4. The molecule has 0 aliphatic rings. The summed E-state index contributed by atoms with van der Waals surface area (Å²) in [6.45, 7) is 8.51. The SMILES string of the molecule is Cc1ccc(-c2nnc(SCC(=O)N[C@@H](C)CCCC(C)C)o2)cc1. The van der Waals surface area contributed by atoms with Crippen molar-refractivity contribution in [3.05, 3.63) is 29.8 Å². The second-order valence-corrected chi connectivity index (χ2v) is 7.75. The zero-order valence-corrected chi connectivity index (χ0v) is 16.2. The lowest BCUT2D eigenvalue weighted by atomic mass is 10.0. The molecule has 1 atom stereocenters. The summed E-state index contributed by atoms with van der Waals surface area (Å²) >= 11 is 1.27. The van der Waals surface area contributed by atoms with Crippen molar-refractivity contribution in [3.63, 3.8) is 0 Å². The van der Waals surface area contributed by atoms with Gasteiger partial charge >= 0.3 is 0 Å². The largest absolute Gasteiger partial charge is 0.411 e. The van der Waals surface area contributed by atoms with Gasteiger partial charge < -0.3 is 9.73 Å². The molecule has 2 rings (SSSR count). The molecule has 0 aliphatic heterocycles. The number of amides is 1. The number of nitrogens with zero attached hydrogens (tertiary/aromatic N) is 2. The van der Waals surface area contributed by atoms with Crippen molar-refractivity contribution in [3.8, 4) is 11.5 Å². The molecule has 0 fully saturated rings. The van der Waals surface area contributed by atoms with E-state index in [2.05, 4.69) is 29.4 Å². The van der Waals surface area contributed by atoms with Crippen molar-refractivity contribution in [1.29, 1.82) is 0 Å². The molecule has 2 aromatic rings. The van der Waals surface area contributed by atoms with Gasteiger partial charge in [0.1, 0.15) is 0 Å². The van der Waals surface area contributed by atoms with E-state index >= 15 is 0 Å². The zero-order chi connectivity index (χ0) is 18.2. The Kier molecular flexibility index (Phi) is 7.50. The van der Waals surface area contributed by atoms with Crippen LogP contribution in [0.3, 0.4) is 0 Å². The molecule has 1 N–H and O–H groups in total. The topological polar surface area (TPSA) is 68.0 Å². The quantitative estimate of drug-likeness (QED) is 0.668. The average Bonchev–Trinajstić information content (AvgIpc) is 3.02. The summed E-state index contributed by atoms with van der Waals surface area (Å²) in [4.78, 5) is 12.0. The molecule has 0 aliphatic carbocycles. The highest BCUT2D eigenvalue weighted by Crippen LogP contribution is 2.23. The average molecular weight is 362 g/mol. The van der Waals surface area contributed by atoms with Crippen molar-refractivity contribution in [2.24, 2.45) is 5.92 Å². The Morgan fingerprint density at radius 2 is 1.88 bits per heavy atom. The van der Waals surface area contributed by atoms with Crippen LogP contribution >= 0.6 is 11.8 Å². The fraction of sp³-hybridized carbons (Fsp3) is 0.526. The van der Waals surface area contributed by atoms with Crippen molar-refractivity contribution in [2.75, 3.05) is 5.75 Å². The highest BCUT2D eigenvalue weighted by atomic mass is 32.2.